The van der Waals surface area contributed by atoms with Crippen molar-refractivity contribution in [3.8, 4) is 0 Å². The summed E-state index contributed by atoms with van der Waals surface area (Å²) in [6.45, 7) is 6.38. The summed E-state index contributed by atoms with van der Waals surface area (Å²) in [6.07, 6.45) is 5.59. The number of amides is 2. The van der Waals surface area contributed by atoms with Crippen molar-refractivity contribution in [2.75, 3.05) is 45.8 Å². The lowest BCUT2D eigenvalue weighted by atomic mass is 10.2. The van der Waals surface area contributed by atoms with E-state index in [0.717, 1.165) is 13.0 Å². The lowest BCUT2D eigenvalue weighted by Gasteiger charge is -2.22. The molecular weight excluding hydrogens is 294 g/mol. The minimum absolute atomic E-state index is 0.0154. The normalized spacial score (nSPS) is 10.8. The zero-order chi connectivity index (χ0) is 17.3. The van der Waals surface area contributed by atoms with E-state index in [1.54, 1.807) is 0 Å². The van der Waals surface area contributed by atoms with Crippen molar-refractivity contribution >= 4 is 11.8 Å². The van der Waals surface area contributed by atoms with Gasteiger partial charge in [-0.3, -0.25) is 9.59 Å². The number of carbonyl (C=O) groups is 2. The Morgan fingerprint density at radius 2 is 1.35 bits per heavy atom. The van der Waals surface area contributed by atoms with Crippen LogP contribution in [0.3, 0.4) is 0 Å². The van der Waals surface area contributed by atoms with Crippen molar-refractivity contribution in [3.63, 3.8) is 0 Å². The Bertz CT molecular complexity index is 289. The molecule has 0 aliphatic carbocycles. The van der Waals surface area contributed by atoms with Crippen molar-refractivity contribution < 1.29 is 9.59 Å². The molecule has 0 atom stereocenters. The minimum atomic E-state index is 0.0154. The van der Waals surface area contributed by atoms with Gasteiger partial charge in [-0.05, 0) is 13.0 Å². The van der Waals surface area contributed by atoms with E-state index in [4.69, 9.17) is 11.5 Å². The van der Waals surface area contributed by atoms with Gasteiger partial charge < -0.3 is 27.0 Å². The zero-order valence-electron chi connectivity index (χ0n) is 14.6. The van der Waals surface area contributed by atoms with Gasteiger partial charge in [0.25, 0.3) is 0 Å². The van der Waals surface area contributed by atoms with Gasteiger partial charge >= 0.3 is 0 Å². The molecule has 0 aliphatic heterocycles. The van der Waals surface area contributed by atoms with Crippen LogP contribution < -0.4 is 22.1 Å². The summed E-state index contributed by atoms with van der Waals surface area (Å²) < 4.78 is 0. The molecule has 0 rings (SSSR count). The number of hydrogen-bond donors (Lipinski definition) is 4. The average Bonchev–Trinajstić information content (AvgIpc) is 2.56. The molecule has 136 valence electrons. The summed E-state index contributed by atoms with van der Waals surface area (Å²) in [5.41, 5.74) is 10.7. The molecule has 0 bridgehead atoms. The van der Waals surface area contributed by atoms with Gasteiger partial charge in [0.1, 0.15) is 0 Å². The molecule has 0 aromatic carbocycles. The van der Waals surface area contributed by atoms with Crippen molar-refractivity contribution in [1.29, 1.82) is 0 Å². The van der Waals surface area contributed by atoms with E-state index >= 15 is 0 Å². The summed E-state index contributed by atoms with van der Waals surface area (Å²) >= 11 is 0. The summed E-state index contributed by atoms with van der Waals surface area (Å²) in [5, 5.41) is 5.55. The first kappa shape index (κ1) is 21.8. The van der Waals surface area contributed by atoms with Crippen LogP contribution in [0.5, 0.6) is 0 Å². The third-order valence-electron chi connectivity index (χ3n) is 3.57. The van der Waals surface area contributed by atoms with Crippen molar-refractivity contribution in [1.82, 2.24) is 15.5 Å². The van der Waals surface area contributed by atoms with Crippen LogP contribution in [0, 0.1) is 0 Å². The molecule has 2 amide bonds. The molecule has 0 aliphatic rings. The highest BCUT2D eigenvalue weighted by Gasteiger charge is 2.10. The summed E-state index contributed by atoms with van der Waals surface area (Å²) in [7, 11) is 0. The average molecular weight is 329 g/mol. The number of unbranched alkanes of at least 4 members (excludes halogenated alkanes) is 3. The first-order valence-electron chi connectivity index (χ1n) is 8.79. The predicted octanol–water partition coefficient (Wildman–Crippen LogP) is -0.201. The molecule has 0 radical (unpaired) electrons. The second kappa shape index (κ2) is 15.7. The molecule has 0 fully saturated rings. The number of nitrogens with zero attached hydrogens (tertiary/aromatic N) is 1. The van der Waals surface area contributed by atoms with Crippen LogP contribution in [-0.2, 0) is 9.59 Å². The molecular formula is C16H35N5O2. The summed E-state index contributed by atoms with van der Waals surface area (Å²) in [5.74, 6) is 0.0307. The van der Waals surface area contributed by atoms with E-state index in [1.807, 2.05) is 0 Å². The van der Waals surface area contributed by atoms with Crippen LogP contribution in [0.4, 0.5) is 0 Å². The number of hydrogen-bond acceptors (Lipinski definition) is 5. The predicted molar refractivity (Wildman–Crippen MR) is 93.9 cm³/mol. The number of rotatable bonds is 15. The van der Waals surface area contributed by atoms with Gasteiger partial charge in [-0.15, -0.1) is 0 Å². The molecule has 0 saturated heterocycles. The Labute approximate surface area is 140 Å². The molecule has 7 nitrogen and oxygen atoms in total. The lowest BCUT2D eigenvalue weighted by Crippen LogP contribution is -2.36. The molecule has 0 aromatic heterocycles. The highest BCUT2D eigenvalue weighted by Crippen LogP contribution is 2.03. The Balaban J connectivity index is 4.10. The van der Waals surface area contributed by atoms with Crippen LogP contribution in [0.2, 0.25) is 0 Å². The van der Waals surface area contributed by atoms with Gasteiger partial charge in [-0.2, -0.15) is 0 Å². The zero-order valence-corrected chi connectivity index (χ0v) is 14.6. The fourth-order valence-corrected chi connectivity index (χ4v) is 2.22. The fourth-order valence-electron chi connectivity index (χ4n) is 2.22. The van der Waals surface area contributed by atoms with Crippen molar-refractivity contribution in [2.24, 2.45) is 11.5 Å². The fraction of sp³-hybridized carbons (Fsp3) is 0.875. The molecule has 23 heavy (non-hydrogen) atoms. The van der Waals surface area contributed by atoms with Gasteiger partial charge in [-0.25, -0.2) is 0 Å². The lowest BCUT2D eigenvalue weighted by molar-refractivity contribution is -0.121. The van der Waals surface area contributed by atoms with Crippen LogP contribution >= 0.6 is 0 Å². The standard InChI is InChI=1S/C16H35N5O2/c1-2-3-4-5-12-21(13-6-15(22)19-10-8-17)14-7-16(23)20-11-9-18/h2-14,17-18H2,1H3,(H,19,22)(H,20,23). The third kappa shape index (κ3) is 14.2. The Hall–Kier alpha value is -1.18. The highest BCUT2D eigenvalue weighted by molar-refractivity contribution is 5.76. The summed E-state index contributed by atoms with van der Waals surface area (Å²) in [4.78, 5) is 25.5. The van der Waals surface area contributed by atoms with Gasteiger partial charge in [0.15, 0.2) is 0 Å². The molecule has 7 heteroatoms. The van der Waals surface area contributed by atoms with Crippen LogP contribution in [-0.4, -0.2) is 62.5 Å². The quantitative estimate of drug-likeness (QED) is 0.311. The van der Waals surface area contributed by atoms with E-state index in [1.165, 1.54) is 19.3 Å². The Kier molecular flexibility index (Phi) is 14.9. The van der Waals surface area contributed by atoms with Gasteiger partial charge in [0.05, 0.1) is 0 Å². The number of carbonyl (C=O) groups excluding carboxylic acids is 2. The Morgan fingerprint density at radius 3 is 1.78 bits per heavy atom. The van der Waals surface area contributed by atoms with E-state index in [2.05, 4.69) is 22.5 Å². The molecule has 6 N–H and O–H groups in total. The van der Waals surface area contributed by atoms with E-state index in [9.17, 15) is 9.59 Å². The molecule has 0 spiro atoms. The van der Waals surface area contributed by atoms with Gasteiger partial charge in [-0.1, -0.05) is 26.2 Å². The van der Waals surface area contributed by atoms with E-state index in [-0.39, 0.29) is 11.8 Å². The minimum Gasteiger partial charge on any atom is -0.355 e. The topological polar surface area (TPSA) is 113 Å². The van der Waals surface area contributed by atoms with Crippen LogP contribution in [0.15, 0.2) is 0 Å². The maximum Gasteiger partial charge on any atom is 0.221 e. The molecule has 0 unspecified atom stereocenters. The maximum atomic E-state index is 11.7. The smallest absolute Gasteiger partial charge is 0.221 e. The largest absolute Gasteiger partial charge is 0.355 e. The van der Waals surface area contributed by atoms with Crippen molar-refractivity contribution in [2.45, 2.75) is 45.4 Å². The molecule has 0 aromatic rings. The van der Waals surface area contributed by atoms with E-state index in [0.29, 0.717) is 52.1 Å². The first-order valence-corrected chi connectivity index (χ1v) is 8.79. The maximum absolute atomic E-state index is 11.7. The third-order valence-corrected chi connectivity index (χ3v) is 3.57. The van der Waals surface area contributed by atoms with Crippen LogP contribution in [0.1, 0.15) is 45.4 Å². The first-order chi connectivity index (χ1) is 11.1. The molecule has 0 heterocycles. The van der Waals surface area contributed by atoms with Gasteiger partial charge in [0.2, 0.25) is 11.8 Å². The number of nitrogens with one attached hydrogen (secondary N) is 2. The highest BCUT2D eigenvalue weighted by atomic mass is 16.2. The second-order valence-electron chi connectivity index (χ2n) is 5.68. The molecule has 0 saturated carbocycles. The van der Waals surface area contributed by atoms with Crippen LogP contribution in [0.25, 0.3) is 0 Å². The summed E-state index contributed by atoms with van der Waals surface area (Å²) in [6, 6.07) is 0. The second-order valence-corrected chi connectivity index (χ2v) is 5.68. The van der Waals surface area contributed by atoms with E-state index < -0.39 is 0 Å². The van der Waals surface area contributed by atoms with Gasteiger partial charge in [0, 0.05) is 52.1 Å². The SMILES string of the molecule is CCCCCCN(CCC(=O)NCCN)CCC(=O)NCCN. The Morgan fingerprint density at radius 1 is 0.826 bits per heavy atom. The van der Waals surface area contributed by atoms with Crippen molar-refractivity contribution in [3.05, 3.63) is 0 Å². The monoisotopic (exact) mass is 329 g/mol. The number of nitrogens with two attached hydrogens (primary N) is 2.